The first-order valence-electron chi connectivity index (χ1n) is 13.1. The zero-order valence-corrected chi connectivity index (χ0v) is 21.6. The van der Waals surface area contributed by atoms with Crippen LogP contribution < -0.4 is 15.6 Å². The number of ether oxygens (including phenoxy) is 2. The van der Waals surface area contributed by atoms with E-state index in [2.05, 4.69) is 10.3 Å². The fourth-order valence-corrected chi connectivity index (χ4v) is 5.00. The number of fused-ring (bicyclic) bond motifs is 1. The topological polar surface area (TPSA) is 100 Å². The molecule has 6 rings (SSSR count). The van der Waals surface area contributed by atoms with Crippen molar-refractivity contribution in [3.8, 4) is 11.5 Å². The lowest BCUT2D eigenvalue weighted by Crippen LogP contribution is -2.26. The number of benzene rings is 1. The average Bonchev–Trinajstić information content (AvgIpc) is 3.53. The number of anilines is 2. The van der Waals surface area contributed by atoms with Crippen LogP contribution in [0.4, 0.5) is 11.6 Å². The number of aryl methyl sites for hydroxylation is 1. The zero-order chi connectivity index (χ0) is 26.2. The van der Waals surface area contributed by atoms with Crippen LogP contribution in [0.15, 0.2) is 53.6 Å². The van der Waals surface area contributed by atoms with Crippen molar-refractivity contribution in [1.29, 1.82) is 0 Å². The molecule has 9 nitrogen and oxygen atoms in total. The Bertz CT molecular complexity index is 1560. The summed E-state index contributed by atoms with van der Waals surface area (Å²) in [5, 5.41) is 3.32. The monoisotopic (exact) mass is 513 g/mol. The number of imidazole rings is 1. The molecule has 9 heteroatoms. The lowest BCUT2D eigenvalue weighted by atomic mass is 10.1. The minimum absolute atomic E-state index is 0.0450. The van der Waals surface area contributed by atoms with Gasteiger partial charge in [-0.25, -0.2) is 4.98 Å². The molecule has 4 aromatic rings. The summed E-state index contributed by atoms with van der Waals surface area (Å²) in [4.78, 5) is 33.8. The van der Waals surface area contributed by atoms with Crippen molar-refractivity contribution in [3.05, 3.63) is 70.4 Å². The standard InChI is InChI=1S/C29H31N5O4/c1-18(35)11-22-13-24(7-9-30-22)38-23-5-6-25-27(14-23)33(2)29(31-25)32-26-12-21(20-3-4-20)16-34(28(26)36)15-19-8-10-37-17-19/h5-7,9,12-14,16,19-20H,3-4,8,10-11,15,17H2,1-2H3,(H,31,32)/t19-/m1/s1. The number of hydrogen-bond donors (Lipinski definition) is 1. The van der Waals surface area contributed by atoms with Crippen LogP contribution in [0.2, 0.25) is 0 Å². The number of pyridine rings is 2. The summed E-state index contributed by atoms with van der Waals surface area (Å²) < 4.78 is 15.4. The largest absolute Gasteiger partial charge is 0.457 e. The van der Waals surface area contributed by atoms with E-state index in [9.17, 15) is 9.59 Å². The Morgan fingerprint density at radius 1 is 1.16 bits per heavy atom. The van der Waals surface area contributed by atoms with Gasteiger partial charge in [0.15, 0.2) is 0 Å². The molecule has 0 unspecified atom stereocenters. The van der Waals surface area contributed by atoms with E-state index in [0.717, 1.165) is 36.9 Å². The predicted octanol–water partition coefficient (Wildman–Crippen LogP) is 4.71. The van der Waals surface area contributed by atoms with E-state index in [1.54, 1.807) is 25.3 Å². The summed E-state index contributed by atoms with van der Waals surface area (Å²) in [5.41, 5.74) is 4.01. The van der Waals surface area contributed by atoms with Gasteiger partial charge in [-0.3, -0.25) is 14.6 Å². The van der Waals surface area contributed by atoms with Crippen molar-refractivity contribution in [3.63, 3.8) is 0 Å². The van der Waals surface area contributed by atoms with Gasteiger partial charge in [0.1, 0.15) is 23.0 Å². The van der Waals surface area contributed by atoms with Gasteiger partial charge in [-0.05, 0) is 61.9 Å². The summed E-state index contributed by atoms with van der Waals surface area (Å²) in [5.74, 6) is 2.78. The molecular formula is C29H31N5O4. The molecule has 1 saturated carbocycles. The van der Waals surface area contributed by atoms with Crippen molar-refractivity contribution < 1.29 is 14.3 Å². The number of carbonyl (C=O) groups excluding carboxylic acids is 1. The Balaban J connectivity index is 1.27. The normalized spacial score (nSPS) is 17.2. The molecule has 0 amide bonds. The van der Waals surface area contributed by atoms with E-state index in [4.69, 9.17) is 14.5 Å². The molecule has 3 aromatic heterocycles. The Labute approximate surface area is 220 Å². The zero-order valence-electron chi connectivity index (χ0n) is 21.6. The third kappa shape index (κ3) is 5.19. The molecule has 1 saturated heterocycles. The molecule has 1 N–H and O–H groups in total. The highest BCUT2D eigenvalue weighted by Crippen LogP contribution is 2.40. The number of carbonyl (C=O) groups is 1. The Hall–Kier alpha value is -3.98. The Morgan fingerprint density at radius 2 is 2.00 bits per heavy atom. The summed E-state index contributed by atoms with van der Waals surface area (Å²) in [7, 11) is 1.91. The van der Waals surface area contributed by atoms with Crippen LogP contribution in [0.25, 0.3) is 11.0 Å². The first-order valence-corrected chi connectivity index (χ1v) is 13.1. The molecule has 2 fully saturated rings. The highest BCUT2D eigenvalue weighted by molar-refractivity contribution is 5.81. The Morgan fingerprint density at radius 3 is 2.76 bits per heavy atom. The van der Waals surface area contributed by atoms with Gasteiger partial charge in [0.2, 0.25) is 5.95 Å². The van der Waals surface area contributed by atoms with E-state index in [-0.39, 0.29) is 17.8 Å². The van der Waals surface area contributed by atoms with Gasteiger partial charge in [0.25, 0.3) is 5.56 Å². The Kier molecular flexibility index (Phi) is 6.45. The predicted molar refractivity (Wildman–Crippen MR) is 144 cm³/mol. The maximum absolute atomic E-state index is 13.4. The molecule has 2 aliphatic rings. The maximum Gasteiger partial charge on any atom is 0.274 e. The molecule has 0 spiro atoms. The van der Waals surface area contributed by atoms with Gasteiger partial charge < -0.3 is 23.9 Å². The van der Waals surface area contributed by atoms with Gasteiger partial charge >= 0.3 is 0 Å². The van der Waals surface area contributed by atoms with E-state index < -0.39 is 0 Å². The molecular weight excluding hydrogens is 482 g/mol. The fourth-order valence-electron chi connectivity index (χ4n) is 5.00. The molecule has 196 valence electrons. The van der Waals surface area contributed by atoms with E-state index in [1.807, 2.05) is 46.6 Å². The maximum atomic E-state index is 13.4. The number of hydrogen-bond acceptors (Lipinski definition) is 7. The van der Waals surface area contributed by atoms with Gasteiger partial charge in [-0.1, -0.05) is 0 Å². The van der Waals surface area contributed by atoms with E-state index in [0.29, 0.717) is 53.8 Å². The average molecular weight is 514 g/mol. The SMILES string of the molecule is CC(=O)Cc1cc(Oc2ccc3nc(Nc4cc(C5CC5)cn(C[C@H]5CCOC5)c4=O)n(C)c3c2)ccn1. The van der Waals surface area contributed by atoms with Crippen LogP contribution in [0.5, 0.6) is 11.5 Å². The number of nitrogens with one attached hydrogen (secondary N) is 1. The molecule has 1 aliphatic heterocycles. The fraction of sp³-hybridized carbons (Fsp3) is 0.379. The second kappa shape index (κ2) is 10.1. The smallest absolute Gasteiger partial charge is 0.274 e. The van der Waals surface area contributed by atoms with Gasteiger partial charge in [0.05, 0.1) is 23.3 Å². The summed E-state index contributed by atoms with van der Waals surface area (Å²) in [6, 6.07) is 11.2. The quantitative estimate of drug-likeness (QED) is 0.346. The molecule has 0 bridgehead atoms. The molecule has 38 heavy (non-hydrogen) atoms. The second-order valence-electron chi connectivity index (χ2n) is 10.4. The number of Topliss-reactive ketones (excluding diaryl/α,β-unsaturated/α-hetero) is 1. The van der Waals surface area contributed by atoms with Gasteiger partial charge in [0, 0.05) is 57.1 Å². The summed E-state index contributed by atoms with van der Waals surface area (Å²) >= 11 is 0. The first kappa shape index (κ1) is 24.4. The lowest BCUT2D eigenvalue weighted by Gasteiger charge is -2.15. The van der Waals surface area contributed by atoms with Crippen LogP contribution in [-0.4, -0.2) is 38.1 Å². The van der Waals surface area contributed by atoms with Crippen LogP contribution in [0, 0.1) is 5.92 Å². The van der Waals surface area contributed by atoms with Crippen LogP contribution in [0.3, 0.4) is 0 Å². The molecule has 1 aromatic carbocycles. The second-order valence-corrected chi connectivity index (χ2v) is 10.4. The van der Waals surface area contributed by atoms with E-state index >= 15 is 0 Å². The van der Waals surface area contributed by atoms with Crippen molar-refractivity contribution in [1.82, 2.24) is 19.1 Å². The van der Waals surface area contributed by atoms with Gasteiger partial charge in [-0.2, -0.15) is 0 Å². The van der Waals surface area contributed by atoms with Crippen LogP contribution in [0.1, 0.15) is 43.4 Å². The van der Waals surface area contributed by atoms with Crippen molar-refractivity contribution >= 4 is 28.5 Å². The number of aromatic nitrogens is 4. The van der Waals surface area contributed by atoms with Gasteiger partial charge in [-0.15, -0.1) is 0 Å². The van der Waals surface area contributed by atoms with Crippen LogP contribution in [-0.2, 0) is 29.5 Å². The van der Waals surface area contributed by atoms with Crippen molar-refractivity contribution in [2.24, 2.45) is 13.0 Å². The minimum Gasteiger partial charge on any atom is -0.457 e. The minimum atomic E-state index is -0.0450. The molecule has 1 aliphatic carbocycles. The van der Waals surface area contributed by atoms with E-state index in [1.165, 1.54) is 5.56 Å². The first-order chi connectivity index (χ1) is 18.4. The lowest BCUT2D eigenvalue weighted by molar-refractivity contribution is -0.116. The van der Waals surface area contributed by atoms with Crippen LogP contribution >= 0.6 is 0 Å². The number of rotatable bonds is 9. The molecule has 4 heterocycles. The third-order valence-electron chi connectivity index (χ3n) is 7.19. The highest BCUT2D eigenvalue weighted by Gasteiger charge is 2.26. The number of nitrogens with zero attached hydrogens (tertiary/aromatic N) is 4. The third-order valence-corrected chi connectivity index (χ3v) is 7.19. The highest BCUT2D eigenvalue weighted by atomic mass is 16.5. The summed E-state index contributed by atoms with van der Waals surface area (Å²) in [6.45, 7) is 3.67. The molecule has 1 atom stereocenters. The number of ketones is 1. The van der Waals surface area contributed by atoms with Crippen molar-refractivity contribution in [2.75, 3.05) is 18.5 Å². The summed E-state index contributed by atoms with van der Waals surface area (Å²) in [6.07, 6.45) is 7.24. The van der Waals surface area contributed by atoms with Crippen molar-refractivity contribution in [2.45, 2.75) is 45.1 Å². The molecule has 0 radical (unpaired) electrons.